The van der Waals surface area contributed by atoms with Crippen LogP contribution in [0.3, 0.4) is 0 Å². The van der Waals surface area contributed by atoms with E-state index in [1.807, 2.05) is 24.3 Å². The third kappa shape index (κ3) is 5.08. The van der Waals surface area contributed by atoms with E-state index in [1.165, 1.54) is 50.4 Å². The second-order valence-electron chi connectivity index (χ2n) is 9.50. The fourth-order valence-electron chi connectivity index (χ4n) is 4.92. The zero-order valence-corrected chi connectivity index (χ0v) is 24.1. The summed E-state index contributed by atoms with van der Waals surface area (Å²) >= 11 is 1.30. The molecule has 5 aromatic rings. The predicted molar refractivity (Wildman–Crippen MR) is 156 cm³/mol. The maximum atomic E-state index is 13.9. The molecule has 0 radical (unpaired) electrons. The number of hydrogen-bond donors (Lipinski definition) is 0. The summed E-state index contributed by atoms with van der Waals surface area (Å²) in [5, 5.41) is 0.424. The number of fused-ring (bicyclic) bond motifs is 2. The number of anilines is 1. The number of ether oxygens (including phenoxy) is 2. The van der Waals surface area contributed by atoms with E-state index in [2.05, 4.69) is 0 Å². The molecule has 9 nitrogen and oxygen atoms in total. The standard InChI is InChI=1S/C30H27N3O6S2/c1-37-25-13-14-26(38-2)28-27(25)31-30(40-28)33(19-23-8-5-17-39-23)29(34)21-9-11-24(12-10-21)41(35,36)32-16-15-20-6-3-4-7-22(20)18-32/h3-14,17H,15-16,18-19H2,1-2H3. The maximum absolute atomic E-state index is 13.9. The SMILES string of the molecule is COc1ccc(OC)c2sc(N(Cc3ccco3)C(=O)c3ccc(S(=O)(=O)N4CCc5ccccc5C4)cc3)nc12. The summed E-state index contributed by atoms with van der Waals surface area (Å²) in [5.74, 6) is 1.39. The first kappa shape index (κ1) is 27.0. The van der Waals surface area contributed by atoms with Gasteiger partial charge in [-0.2, -0.15) is 4.31 Å². The average Bonchev–Trinajstić information content (AvgIpc) is 3.69. The molecular formula is C30H27N3O6S2. The Morgan fingerprint density at radius 2 is 1.71 bits per heavy atom. The van der Waals surface area contributed by atoms with E-state index in [0.717, 1.165) is 10.3 Å². The first-order chi connectivity index (χ1) is 19.9. The summed E-state index contributed by atoms with van der Waals surface area (Å²) in [6.07, 6.45) is 2.20. The van der Waals surface area contributed by atoms with Gasteiger partial charge in [0.15, 0.2) is 5.13 Å². The quantitative estimate of drug-likeness (QED) is 0.236. The van der Waals surface area contributed by atoms with Crippen molar-refractivity contribution in [2.75, 3.05) is 25.7 Å². The van der Waals surface area contributed by atoms with Crippen LogP contribution in [0.15, 0.2) is 88.4 Å². The third-order valence-electron chi connectivity index (χ3n) is 7.10. The number of furan rings is 1. The Kier molecular flexibility index (Phi) is 7.24. The second-order valence-corrected chi connectivity index (χ2v) is 12.4. The van der Waals surface area contributed by atoms with E-state index in [4.69, 9.17) is 18.9 Å². The summed E-state index contributed by atoms with van der Waals surface area (Å²) in [6, 6.07) is 21.0. The Morgan fingerprint density at radius 1 is 0.976 bits per heavy atom. The number of sulfonamides is 1. The molecule has 3 heterocycles. The van der Waals surface area contributed by atoms with Crippen molar-refractivity contribution in [1.29, 1.82) is 0 Å². The lowest BCUT2D eigenvalue weighted by atomic mass is 10.0. The van der Waals surface area contributed by atoms with Gasteiger partial charge in [-0.25, -0.2) is 13.4 Å². The van der Waals surface area contributed by atoms with Gasteiger partial charge in [-0.05, 0) is 66.1 Å². The van der Waals surface area contributed by atoms with Crippen molar-refractivity contribution >= 4 is 42.6 Å². The van der Waals surface area contributed by atoms with Crippen LogP contribution in [-0.4, -0.2) is 44.4 Å². The minimum Gasteiger partial charge on any atom is -0.495 e. The second kappa shape index (κ2) is 11.0. The van der Waals surface area contributed by atoms with Crippen LogP contribution < -0.4 is 14.4 Å². The van der Waals surface area contributed by atoms with Crippen LogP contribution >= 0.6 is 11.3 Å². The van der Waals surface area contributed by atoms with Crippen LogP contribution in [0.2, 0.25) is 0 Å². The average molecular weight is 590 g/mol. The molecule has 0 bridgehead atoms. The van der Waals surface area contributed by atoms with Crippen LogP contribution in [-0.2, 0) is 29.5 Å². The molecule has 11 heteroatoms. The van der Waals surface area contributed by atoms with Crippen molar-refractivity contribution in [2.45, 2.75) is 24.4 Å². The van der Waals surface area contributed by atoms with Crippen molar-refractivity contribution in [1.82, 2.24) is 9.29 Å². The van der Waals surface area contributed by atoms with E-state index in [1.54, 1.807) is 44.7 Å². The zero-order valence-electron chi connectivity index (χ0n) is 22.4. The van der Waals surface area contributed by atoms with Crippen molar-refractivity contribution in [3.63, 3.8) is 0 Å². The molecule has 3 aromatic carbocycles. The van der Waals surface area contributed by atoms with Gasteiger partial charge >= 0.3 is 0 Å². The number of methoxy groups -OCH3 is 2. The largest absolute Gasteiger partial charge is 0.495 e. The molecule has 0 aliphatic carbocycles. The van der Waals surface area contributed by atoms with Crippen molar-refractivity contribution < 1.29 is 27.1 Å². The lowest BCUT2D eigenvalue weighted by molar-refractivity contribution is 0.0983. The first-order valence-corrected chi connectivity index (χ1v) is 15.2. The summed E-state index contributed by atoms with van der Waals surface area (Å²) in [5.41, 5.74) is 3.07. The van der Waals surface area contributed by atoms with E-state index >= 15 is 0 Å². The number of amides is 1. The normalized spacial score (nSPS) is 13.6. The molecule has 0 spiro atoms. The highest BCUT2D eigenvalue weighted by Gasteiger charge is 2.29. The van der Waals surface area contributed by atoms with Gasteiger partial charge in [0.05, 0.1) is 31.9 Å². The van der Waals surface area contributed by atoms with Gasteiger partial charge in [-0.1, -0.05) is 35.6 Å². The number of rotatable bonds is 8. The molecule has 1 aliphatic rings. The van der Waals surface area contributed by atoms with Crippen LogP contribution in [0.1, 0.15) is 27.2 Å². The Balaban J connectivity index is 1.32. The fraction of sp³-hybridized carbons (Fsp3) is 0.200. The van der Waals surface area contributed by atoms with Crippen LogP contribution in [0, 0.1) is 0 Å². The molecule has 0 saturated heterocycles. The molecule has 6 rings (SSSR count). The van der Waals surface area contributed by atoms with Crippen LogP contribution in [0.4, 0.5) is 5.13 Å². The van der Waals surface area contributed by atoms with Crippen LogP contribution in [0.25, 0.3) is 10.2 Å². The van der Waals surface area contributed by atoms with Gasteiger partial charge in [0.25, 0.3) is 5.91 Å². The highest BCUT2D eigenvalue weighted by Crippen LogP contribution is 2.41. The number of aromatic nitrogens is 1. The van der Waals surface area contributed by atoms with E-state index in [-0.39, 0.29) is 17.3 Å². The molecule has 41 heavy (non-hydrogen) atoms. The number of thiazole rings is 1. The zero-order chi connectivity index (χ0) is 28.6. The number of nitrogens with zero attached hydrogens (tertiary/aromatic N) is 3. The van der Waals surface area contributed by atoms with E-state index in [9.17, 15) is 13.2 Å². The van der Waals surface area contributed by atoms with E-state index < -0.39 is 10.0 Å². The number of benzene rings is 3. The summed E-state index contributed by atoms with van der Waals surface area (Å²) in [4.78, 5) is 20.3. The molecule has 2 aromatic heterocycles. The van der Waals surface area contributed by atoms with E-state index in [0.29, 0.717) is 53.0 Å². The van der Waals surface area contributed by atoms with Gasteiger partial charge in [-0.3, -0.25) is 9.69 Å². The lowest BCUT2D eigenvalue weighted by Gasteiger charge is -2.28. The molecule has 0 fully saturated rings. The monoisotopic (exact) mass is 589 g/mol. The van der Waals surface area contributed by atoms with Crippen molar-refractivity contribution in [2.24, 2.45) is 0 Å². The van der Waals surface area contributed by atoms with Gasteiger partial charge in [0, 0.05) is 18.7 Å². The molecule has 1 amide bonds. The molecule has 1 aliphatic heterocycles. The van der Waals surface area contributed by atoms with Gasteiger partial charge in [-0.15, -0.1) is 0 Å². The number of carbonyl (C=O) groups is 1. The third-order valence-corrected chi connectivity index (χ3v) is 10.1. The van der Waals surface area contributed by atoms with Gasteiger partial charge < -0.3 is 13.9 Å². The highest BCUT2D eigenvalue weighted by atomic mass is 32.2. The highest BCUT2D eigenvalue weighted by molar-refractivity contribution is 7.89. The topological polar surface area (TPSA) is 102 Å². The molecule has 0 unspecified atom stereocenters. The maximum Gasteiger partial charge on any atom is 0.260 e. The molecule has 0 atom stereocenters. The summed E-state index contributed by atoms with van der Waals surface area (Å²) in [7, 11) is -0.604. The fourth-order valence-corrected chi connectivity index (χ4v) is 7.41. The lowest BCUT2D eigenvalue weighted by Crippen LogP contribution is -2.36. The Hall–Kier alpha value is -4.19. The molecule has 0 saturated carbocycles. The molecular weight excluding hydrogens is 562 g/mol. The number of hydrogen-bond acceptors (Lipinski definition) is 8. The number of carbonyl (C=O) groups excluding carboxylic acids is 1. The first-order valence-electron chi connectivity index (χ1n) is 12.9. The van der Waals surface area contributed by atoms with Gasteiger partial charge in [0.1, 0.15) is 27.5 Å². The Bertz CT molecular complexity index is 1770. The summed E-state index contributed by atoms with van der Waals surface area (Å²) < 4.78 is 45.7. The molecule has 210 valence electrons. The Morgan fingerprint density at radius 3 is 2.41 bits per heavy atom. The smallest absolute Gasteiger partial charge is 0.260 e. The predicted octanol–water partition coefficient (Wildman–Crippen LogP) is 5.50. The Labute approximate surface area is 241 Å². The summed E-state index contributed by atoms with van der Waals surface area (Å²) in [6.45, 7) is 0.853. The minimum absolute atomic E-state index is 0.128. The van der Waals surface area contributed by atoms with Gasteiger partial charge in [0.2, 0.25) is 10.0 Å². The van der Waals surface area contributed by atoms with Crippen LogP contribution in [0.5, 0.6) is 11.5 Å². The van der Waals surface area contributed by atoms with Crippen molar-refractivity contribution in [3.8, 4) is 11.5 Å². The minimum atomic E-state index is -3.74. The molecule has 0 N–H and O–H groups in total. The van der Waals surface area contributed by atoms with Crippen molar-refractivity contribution in [3.05, 3.63) is 102 Å².